The third kappa shape index (κ3) is 4.88. The first-order chi connectivity index (χ1) is 11.2. The van der Waals surface area contributed by atoms with Gasteiger partial charge in [0.1, 0.15) is 0 Å². The molecule has 1 aromatic heterocycles. The topological polar surface area (TPSA) is 95.5 Å². The van der Waals surface area contributed by atoms with Gasteiger partial charge in [-0.1, -0.05) is 0 Å². The minimum atomic E-state index is -3.17. The fourth-order valence-electron chi connectivity index (χ4n) is 2.68. The van der Waals surface area contributed by atoms with Gasteiger partial charge >= 0.3 is 0 Å². The summed E-state index contributed by atoms with van der Waals surface area (Å²) in [6.07, 6.45) is 2.29. The summed E-state index contributed by atoms with van der Waals surface area (Å²) in [7, 11) is 0.568. The number of nitrogens with zero attached hydrogens (tertiary/aromatic N) is 4. The van der Waals surface area contributed by atoms with E-state index in [0.29, 0.717) is 38.4 Å². The van der Waals surface area contributed by atoms with Gasteiger partial charge in [0.05, 0.1) is 18.5 Å². The average Bonchev–Trinajstić information content (AvgIpc) is 2.51. The van der Waals surface area contributed by atoms with Crippen LogP contribution >= 0.6 is 0 Å². The second-order valence-electron chi connectivity index (χ2n) is 6.35. The van der Waals surface area contributed by atoms with Gasteiger partial charge in [0, 0.05) is 38.8 Å². The molecule has 0 unspecified atom stereocenters. The first-order valence-corrected chi connectivity index (χ1v) is 9.76. The smallest absolute Gasteiger partial charge is 0.225 e. The molecule has 0 aliphatic carbocycles. The Morgan fingerprint density at radius 1 is 1.33 bits per heavy atom. The minimum absolute atomic E-state index is 0.0502. The molecule has 1 saturated heterocycles. The highest BCUT2D eigenvalue weighted by atomic mass is 32.2. The molecule has 0 saturated carbocycles. The zero-order valence-corrected chi connectivity index (χ0v) is 15.4. The third-order valence-corrected chi connectivity index (χ3v) is 5.34. The number of hydrogen-bond acceptors (Lipinski definition) is 6. The van der Waals surface area contributed by atoms with Crippen molar-refractivity contribution in [2.45, 2.75) is 26.3 Å². The summed E-state index contributed by atoms with van der Waals surface area (Å²) in [6, 6.07) is 1.85. The molecule has 2 rings (SSSR count). The van der Waals surface area contributed by atoms with Gasteiger partial charge < -0.3 is 10.2 Å². The number of carbonyl (C=O) groups excluding carboxylic acids is 1. The Bertz CT molecular complexity index is 697. The fraction of sp³-hybridized carbons (Fsp3) is 0.667. The molecule has 1 aliphatic rings. The van der Waals surface area contributed by atoms with Gasteiger partial charge in [-0.3, -0.25) is 4.79 Å². The SMILES string of the molecule is Cc1cc(CNC(=O)C2CCN(S(C)(=O)=O)CC2)nc(N(C)C)n1. The summed E-state index contributed by atoms with van der Waals surface area (Å²) in [4.78, 5) is 22.8. The number of carbonyl (C=O) groups is 1. The van der Waals surface area contributed by atoms with Crippen molar-refractivity contribution in [2.75, 3.05) is 38.3 Å². The molecule has 0 bridgehead atoms. The zero-order valence-electron chi connectivity index (χ0n) is 14.6. The number of aromatic nitrogens is 2. The molecule has 1 fully saturated rings. The number of amides is 1. The summed E-state index contributed by atoms with van der Waals surface area (Å²) in [6.45, 7) is 3.03. The highest BCUT2D eigenvalue weighted by Gasteiger charge is 2.28. The molecule has 0 atom stereocenters. The summed E-state index contributed by atoms with van der Waals surface area (Å²) in [5.41, 5.74) is 1.60. The molecule has 1 N–H and O–H groups in total. The van der Waals surface area contributed by atoms with E-state index in [1.165, 1.54) is 10.6 Å². The quantitative estimate of drug-likeness (QED) is 0.807. The number of piperidine rings is 1. The molecule has 0 radical (unpaired) electrons. The van der Waals surface area contributed by atoms with Crippen molar-refractivity contribution in [3.63, 3.8) is 0 Å². The van der Waals surface area contributed by atoms with Crippen molar-refractivity contribution >= 4 is 21.9 Å². The molecule has 0 spiro atoms. The van der Waals surface area contributed by atoms with E-state index in [0.717, 1.165) is 11.4 Å². The standard InChI is InChI=1S/C15H25N5O3S/c1-11-9-13(18-15(17-11)19(2)3)10-16-14(21)12-5-7-20(8-6-12)24(4,22)23/h9,12H,5-8,10H2,1-4H3,(H,16,21). The first-order valence-electron chi connectivity index (χ1n) is 7.91. The van der Waals surface area contributed by atoms with E-state index in [2.05, 4.69) is 15.3 Å². The highest BCUT2D eigenvalue weighted by molar-refractivity contribution is 7.88. The zero-order chi connectivity index (χ0) is 17.9. The lowest BCUT2D eigenvalue weighted by molar-refractivity contribution is -0.126. The molecule has 9 heteroatoms. The maximum absolute atomic E-state index is 12.3. The van der Waals surface area contributed by atoms with E-state index in [4.69, 9.17) is 0 Å². The van der Waals surface area contributed by atoms with Crippen molar-refractivity contribution < 1.29 is 13.2 Å². The van der Waals surface area contributed by atoms with Crippen LogP contribution in [0.1, 0.15) is 24.2 Å². The second kappa shape index (κ2) is 7.43. The van der Waals surface area contributed by atoms with Gasteiger partial charge in [0.25, 0.3) is 0 Å². The average molecular weight is 355 g/mol. The van der Waals surface area contributed by atoms with Crippen LogP contribution in [0.5, 0.6) is 0 Å². The molecule has 1 aromatic rings. The third-order valence-electron chi connectivity index (χ3n) is 4.03. The highest BCUT2D eigenvalue weighted by Crippen LogP contribution is 2.19. The molecule has 1 aliphatic heterocycles. The number of nitrogens with one attached hydrogen (secondary N) is 1. The van der Waals surface area contributed by atoms with Crippen LogP contribution < -0.4 is 10.2 Å². The van der Waals surface area contributed by atoms with Crippen LogP contribution in [-0.2, 0) is 21.4 Å². The monoisotopic (exact) mass is 355 g/mol. The van der Waals surface area contributed by atoms with Crippen LogP contribution in [-0.4, -0.2) is 62.0 Å². The lowest BCUT2D eigenvalue weighted by Crippen LogP contribution is -2.42. The normalized spacial score (nSPS) is 16.8. The summed E-state index contributed by atoms with van der Waals surface area (Å²) < 4.78 is 24.4. The van der Waals surface area contributed by atoms with Crippen LogP contribution in [0.25, 0.3) is 0 Å². The number of hydrogen-bond donors (Lipinski definition) is 1. The van der Waals surface area contributed by atoms with Crippen molar-refractivity contribution in [2.24, 2.45) is 5.92 Å². The van der Waals surface area contributed by atoms with E-state index in [1.54, 1.807) is 0 Å². The summed E-state index contributed by atoms with van der Waals surface area (Å²) in [5.74, 6) is 0.408. The predicted octanol–water partition coefficient (Wildman–Crippen LogP) is 0.139. The van der Waals surface area contributed by atoms with Crippen LogP contribution in [0, 0.1) is 12.8 Å². The van der Waals surface area contributed by atoms with E-state index < -0.39 is 10.0 Å². The Labute approximate surface area is 143 Å². The van der Waals surface area contributed by atoms with Gasteiger partial charge in [0.15, 0.2) is 0 Å². The Morgan fingerprint density at radius 2 is 1.96 bits per heavy atom. The number of aryl methyl sites for hydroxylation is 1. The number of sulfonamides is 1. The molecular weight excluding hydrogens is 330 g/mol. The first kappa shape index (κ1) is 18.6. The largest absolute Gasteiger partial charge is 0.350 e. The molecule has 2 heterocycles. The van der Waals surface area contributed by atoms with Crippen LogP contribution in [0.3, 0.4) is 0 Å². The van der Waals surface area contributed by atoms with Gasteiger partial charge in [0.2, 0.25) is 21.9 Å². The molecule has 8 nitrogen and oxygen atoms in total. The van der Waals surface area contributed by atoms with E-state index in [9.17, 15) is 13.2 Å². The maximum atomic E-state index is 12.3. The van der Waals surface area contributed by atoms with E-state index in [-0.39, 0.29) is 11.8 Å². The Hall–Kier alpha value is -1.74. The van der Waals surface area contributed by atoms with Crippen LogP contribution in [0.4, 0.5) is 5.95 Å². The maximum Gasteiger partial charge on any atom is 0.225 e. The number of anilines is 1. The minimum Gasteiger partial charge on any atom is -0.350 e. The van der Waals surface area contributed by atoms with Crippen molar-refractivity contribution in [3.05, 3.63) is 17.5 Å². The van der Waals surface area contributed by atoms with Crippen LogP contribution in [0.15, 0.2) is 6.07 Å². The van der Waals surface area contributed by atoms with Gasteiger partial charge in [-0.2, -0.15) is 0 Å². The fourth-order valence-corrected chi connectivity index (χ4v) is 3.55. The lowest BCUT2D eigenvalue weighted by atomic mass is 9.97. The Balaban J connectivity index is 1.90. The van der Waals surface area contributed by atoms with E-state index in [1.807, 2.05) is 32.0 Å². The molecule has 0 aromatic carbocycles. The number of rotatable bonds is 5. The lowest BCUT2D eigenvalue weighted by Gasteiger charge is -2.29. The van der Waals surface area contributed by atoms with Crippen molar-refractivity contribution in [1.82, 2.24) is 19.6 Å². The molecule has 134 valence electrons. The Kier molecular flexibility index (Phi) is 5.76. The van der Waals surface area contributed by atoms with E-state index >= 15 is 0 Å². The van der Waals surface area contributed by atoms with Gasteiger partial charge in [-0.25, -0.2) is 22.7 Å². The summed E-state index contributed by atoms with van der Waals surface area (Å²) in [5, 5.41) is 2.90. The second-order valence-corrected chi connectivity index (χ2v) is 8.33. The summed E-state index contributed by atoms with van der Waals surface area (Å²) >= 11 is 0. The predicted molar refractivity (Wildman–Crippen MR) is 92.1 cm³/mol. The Morgan fingerprint density at radius 3 is 2.50 bits per heavy atom. The van der Waals surface area contributed by atoms with Gasteiger partial charge in [-0.15, -0.1) is 0 Å². The molecule has 24 heavy (non-hydrogen) atoms. The molecule has 1 amide bonds. The van der Waals surface area contributed by atoms with Crippen molar-refractivity contribution in [1.29, 1.82) is 0 Å². The van der Waals surface area contributed by atoms with Gasteiger partial charge in [-0.05, 0) is 25.8 Å². The van der Waals surface area contributed by atoms with Crippen LogP contribution in [0.2, 0.25) is 0 Å². The molecular formula is C15H25N5O3S. The van der Waals surface area contributed by atoms with Crippen molar-refractivity contribution in [3.8, 4) is 0 Å².